The van der Waals surface area contributed by atoms with Crippen molar-refractivity contribution in [3.8, 4) is 11.1 Å². The van der Waals surface area contributed by atoms with Crippen molar-refractivity contribution in [3.63, 3.8) is 0 Å². The van der Waals surface area contributed by atoms with Gasteiger partial charge in [-0.1, -0.05) is 42.5 Å². The summed E-state index contributed by atoms with van der Waals surface area (Å²) in [5.74, 6) is -1.28. The zero-order valence-corrected chi connectivity index (χ0v) is 13.0. The van der Waals surface area contributed by atoms with Crippen molar-refractivity contribution < 1.29 is 14.1 Å². The molecule has 1 amide bonds. The minimum Gasteiger partial charge on any atom is -0.319 e. The van der Waals surface area contributed by atoms with E-state index in [4.69, 9.17) is 0 Å². The molecular formula is C19H13FN2O3. The number of nitro benzene ring substituents is 1. The van der Waals surface area contributed by atoms with E-state index >= 15 is 0 Å². The van der Waals surface area contributed by atoms with Crippen molar-refractivity contribution in [2.45, 2.75) is 0 Å². The van der Waals surface area contributed by atoms with Gasteiger partial charge < -0.3 is 5.32 Å². The molecule has 3 aromatic rings. The van der Waals surface area contributed by atoms with Crippen LogP contribution in [0, 0.1) is 15.9 Å². The maximum Gasteiger partial charge on any atom is 0.271 e. The Kier molecular flexibility index (Phi) is 4.52. The van der Waals surface area contributed by atoms with Crippen molar-refractivity contribution in [2.75, 3.05) is 5.32 Å². The number of halogens is 1. The number of benzene rings is 3. The second-order valence-corrected chi connectivity index (χ2v) is 5.32. The maximum atomic E-state index is 13.8. The summed E-state index contributed by atoms with van der Waals surface area (Å²) < 4.78 is 13.8. The van der Waals surface area contributed by atoms with Gasteiger partial charge in [0, 0.05) is 17.7 Å². The smallest absolute Gasteiger partial charge is 0.271 e. The molecule has 3 rings (SSSR count). The third kappa shape index (κ3) is 3.69. The summed E-state index contributed by atoms with van der Waals surface area (Å²) in [7, 11) is 0. The lowest BCUT2D eigenvalue weighted by Crippen LogP contribution is -2.13. The van der Waals surface area contributed by atoms with E-state index in [2.05, 4.69) is 5.32 Å². The van der Waals surface area contributed by atoms with Gasteiger partial charge in [0.1, 0.15) is 5.82 Å². The van der Waals surface area contributed by atoms with Crippen LogP contribution >= 0.6 is 0 Å². The Labute approximate surface area is 142 Å². The van der Waals surface area contributed by atoms with Gasteiger partial charge in [-0.2, -0.15) is 0 Å². The second kappa shape index (κ2) is 6.92. The van der Waals surface area contributed by atoms with Crippen LogP contribution < -0.4 is 5.32 Å². The Balaban J connectivity index is 1.80. The molecule has 0 aliphatic carbocycles. The van der Waals surface area contributed by atoms with Crippen molar-refractivity contribution in [1.82, 2.24) is 0 Å². The number of hydrogen-bond acceptors (Lipinski definition) is 3. The van der Waals surface area contributed by atoms with Gasteiger partial charge >= 0.3 is 0 Å². The number of rotatable bonds is 4. The first-order chi connectivity index (χ1) is 12.0. The third-order valence-corrected chi connectivity index (χ3v) is 3.66. The fourth-order valence-electron chi connectivity index (χ4n) is 2.36. The minimum atomic E-state index is -0.736. The molecule has 0 atom stereocenters. The van der Waals surface area contributed by atoms with Gasteiger partial charge in [-0.05, 0) is 29.3 Å². The van der Waals surface area contributed by atoms with E-state index in [1.165, 1.54) is 0 Å². The topological polar surface area (TPSA) is 72.2 Å². The molecule has 0 aliphatic rings. The average molecular weight is 336 g/mol. The molecule has 5 nitrogen and oxygen atoms in total. The molecule has 0 heterocycles. The Morgan fingerprint density at radius 3 is 2.20 bits per heavy atom. The van der Waals surface area contributed by atoms with Gasteiger partial charge in [-0.15, -0.1) is 0 Å². The summed E-state index contributed by atoms with van der Waals surface area (Å²) >= 11 is 0. The largest absolute Gasteiger partial charge is 0.319 e. The van der Waals surface area contributed by atoms with Crippen LogP contribution in [0.15, 0.2) is 72.8 Å². The molecule has 1 N–H and O–H groups in total. The zero-order chi connectivity index (χ0) is 17.8. The van der Waals surface area contributed by atoms with Crippen LogP contribution in [-0.4, -0.2) is 10.8 Å². The minimum absolute atomic E-state index is 0.230. The Bertz CT molecular complexity index is 925. The fraction of sp³-hybridized carbons (Fsp3) is 0. The molecule has 25 heavy (non-hydrogen) atoms. The first kappa shape index (κ1) is 16.3. The van der Waals surface area contributed by atoms with E-state index < -0.39 is 16.6 Å². The number of nitrogens with zero attached hydrogens (tertiary/aromatic N) is 1. The summed E-state index contributed by atoms with van der Waals surface area (Å²) in [6.07, 6.45) is 0. The number of nitrogens with one attached hydrogen (secondary N) is 1. The Hall–Kier alpha value is -3.54. The predicted octanol–water partition coefficient (Wildman–Crippen LogP) is 4.65. The van der Waals surface area contributed by atoms with E-state index in [0.717, 1.165) is 29.3 Å². The number of amides is 1. The quantitative estimate of drug-likeness (QED) is 0.556. The van der Waals surface area contributed by atoms with Crippen LogP contribution in [0.25, 0.3) is 11.1 Å². The van der Waals surface area contributed by atoms with Gasteiger partial charge in [0.15, 0.2) is 0 Å². The number of nitro groups is 1. The van der Waals surface area contributed by atoms with Crippen molar-refractivity contribution in [3.05, 3.63) is 94.3 Å². The van der Waals surface area contributed by atoms with Crippen molar-refractivity contribution in [1.29, 1.82) is 0 Å². The lowest BCUT2D eigenvalue weighted by Gasteiger charge is -2.07. The first-order valence-electron chi connectivity index (χ1n) is 7.45. The van der Waals surface area contributed by atoms with Crippen LogP contribution in [0.2, 0.25) is 0 Å². The molecule has 0 unspecified atom stereocenters. The van der Waals surface area contributed by atoms with Crippen LogP contribution in [0.5, 0.6) is 0 Å². The molecule has 3 aromatic carbocycles. The Morgan fingerprint density at radius 1 is 0.920 bits per heavy atom. The second-order valence-electron chi connectivity index (χ2n) is 5.32. The third-order valence-electron chi connectivity index (χ3n) is 3.66. The van der Waals surface area contributed by atoms with Gasteiger partial charge in [0.25, 0.3) is 11.6 Å². The van der Waals surface area contributed by atoms with Crippen LogP contribution in [0.3, 0.4) is 0 Å². The van der Waals surface area contributed by atoms with E-state index in [0.29, 0.717) is 5.56 Å². The highest BCUT2D eigenvalue weighted by atomic mass is 19.1. The molecule has 124 valence electrons. The van der Waals surface area contributed by atoms with E-state index in [-0.39, 0.29) is 11.4 Å². The summed E-state index contributed by atoms with van der Waals surface area (Å²) in [5.41, 5.74) is 1.76. The molecule has 0 fully saturated rings. The average Bonchev–Trinajstić information content (AvgIpc) is 2.64. The number of carbonyl (C=O) groups is 1. The van der Waals surface area contributed by atoms with E-state index in [1.807, 2.05) is 30.3 Å². The van der Waals surface area contributed by atoms with Gasteiger partial charge in [-0.3, -0.25) is 14.9 Å². The highest BCUT2D eigenvalue weighted by Crippen LogP contribution is 2.23. The first-order valence-corrected chi connectivity index (χ1v) is 7.45. The molecule has 0 radical (unpaired) electrons. The molecule has 6 heteroatoms. The number of hydrogen-bond donors (Lipinski definition) is 1. The zero-order valence-electron chi connectivity index (χ0n) is 13.0. The molecular weight excluding hydrogens is 323 g/mol. The normalized spacial score (nSPS) is 10.3. The summed E-state index contributed by atoms with van der Waals surface area (Å²) in [6.45, 7) is 0. The van der Waals surface area contributed by atoms with Crippen LogP contribution in [0.4, 0.5) is 15.8 Å². The molecule has 0 bridgehead atoms. The van der Waals surface area contributed by atoms with E-state index in [9.17, 15) is 19.3 Å². The predicted molar refractivity (Wildman–Crippen MR) is 92.9 cm³/mol. The van der Waals surface area contributed by atoms with Gasteiger partial charge in [0.05, 0.1) is 10.6 Å². The monoisotopic (exact) mass is 336 g/mol. The van der Waals surface area contributed by atoms with Crippen LogP contribution in [0.1, 0.15) is 10.4 Å². The lowest BCUT2D eigenvalue weighted by molar-refractivity contribution is -0.384. The van der Waals surface area contributed by atoms with Crippen molar-refractivity contribution >= 4 is 17.3 Å². The highest BCUT2D eigenvalue weighted by molar-refractivity contribution is 6.04. The molecule has 0 saturated heterocycles. The maximum absolute atomic E-state index is 13.8. The van der Waals surface area contributed by atoms with Gasteiger partial charge in [-0.25, -0.2) is 4.39 Å². The fourth-order valence-corrected chi connectivity index (χ4v) is 2.36. The van der Waals surface area contributed by atoms with E-state index in [1.54, 1.807) is 24.3 Å². The number of carbonyl (C=O) groups excluding carboxylic acids is 1. The summed E-state index contributed by atoms with van der Waals surface area (Å²) in [6, 6.07) is 19.4. The highest BCUT2D eigenvalue weighted by Gasteiger charge is 2.14. The molecule has 0 saturated carbocycles. The SMILES string of the molecule is O=C(Nc1cc([N+](=O)[O-])ccc1F)c1ccc(-c2ccccc2)cc1. The van der Waals surface area contributed by atoms with Gasteiger partial charge in [0.2, 0.25) is 0 Å². The molecule has 0 spiro atoms. The lowest BCUT2D eigenvalue weighted by atomic mass is 10.0. The standard InChI is InChI=1S/C19H13FN2O3/c20-17-11-10-16(22(24)25)12-18(17)21-19(23)15-8-6-14(7-9-15)13-4-2-1-3-5-13/h1-12H,(H,21,23). The number of anilines is 1. The summed E-state index contributed by atoms with van der Waals surface area (Å²) in [4.78, 5) is 22.4. The molecule has 0 aromatic heterocycles. The number of non-ortho nitro benzene ring substituents is 1. The summed E-state index contributed by atoms with van der Waals surface area (Å²) in [5, 5.41) is 13.1. The van der Waals surface area contributed by atoms with Crippen molar-refractivity contribution in [2.24, 2.45) is 0 Å². The van der Waals surface area contributed by atoms with Crippen LogP contribution in [-0.2, 0) is 0 Å². The Morgan fingerprint density at radius 2 is 1.56 bits per heavy atom. The molecule has 0 aliphatic heterocycles.